The van der Waals surface area contributed by atoms with Crippen LogP contribution in [0.15, 0.2) is 12.1 Å². The third-order valence-corrected chi connectivity index (χ3v) is 2.16. The number of ether oxygens (including phenoxy) is 1. The minimum absolute atomic E-state index is 0.00634. The van der Waals surface area contributed by atoms with E-state index in [0.717, 1.165) is 6.07 Å². The first-order valence-electron chi connectivity index (χ1n) is 4.82. The van der Waals surface area contributed by atoms with Crippen molar-refractivity contribution >= 4 is 5.97 Å². The summed E-state index contributed by atoms with van der Waals surface area (Å²) in [5, 5.41) is 8.81. The lowest BCUT2D eigenvalue weighted by molar-refractivity contribution is -0.138. The normalized spacial score (nSPS) is 12.2. The van der Waals surface area contributed by atoms with E-state index in [1.165, 1.54) is 6.92 Å². The van der Waals surface area contributed by atoms with Gasteiger partial charge in [-0.05, 0) is 19.9 Å². The Hall–Kier alpha value is -1.65. The van der Waals surface area contributed by atoms with Crippen molar-refractivity contribution in [2.24, 2.45) is 0 Å². The van der Waals surface area contributed by atoms with Crippen LogP contribution in [0.25, 0.3) is 0 Å². The second-order valence-electron chi connectivity index (χ2n) is 3.30. The van der Waals surface area contributed by atoms with Gasteiger partial charge >= 0.3 is 5.97 Å². The molecule has 0 saturated carbocycles. The van der Waals surface area contributed by atoms with Crippen LogP contribution in [-0.4, -0.2) is 17.7 Å². The van der Waals surface area contributed by atoms with Crippen molar-refractivity contribution < 1.29 is 23.4 Å². The molecule has 0 bridgehead atoms. The fourth-order valence-corrected chi connectivity index (χ4v) is 1.33. The van der Waals surface area contributed by atoms with Gasteiger partial charge in [0.2, 0.25) is 0 Å². The Morgan fingerprint density at radius 3 is 2.62 bits per heavy atom. The Balaban J connectivity index is 3.28. The van der Waals surface area contributed by atoms with Crippen molar-refractivity contribution in [1.82, 2.24) is 0 Å². The molecule has 16 heavy (non-hydrogen) atoms. The van der Waals surface area contributed by atoms with Crippen LogP contribution >= 0.6 is 0 Å². The molecule has 88 valence electrons. The molecule has 1 unspecified atom stereocenters. The molecule has 0 spiro atoms. The average molecular weight is 230 g/mol. The summed E-state index contributed by atoms with van der Waals surface area (Å²) in [4.78, 5) is 10.8. The van der Waals surface area contributed by atoms with E-state index < -0.39 is 23.5 Å². The molecule has 1 aromatic carbocycles. The maximum Gasteiger partial charge on any atom is 0.310 e. The van der Waals surface area contributed by atoms with Gasteiger partial charge in [0.25, 0.3) is 0 Å². The number of halogens is 2. The molecule has 1 rings (SSSR count). The van der Waals surface area contributed by atoms with Crippen molar-refractivity contribution in [1.29, 1.82) is 0 Å². The largest absolute Gasteiger partial charge is 0.490 e. The Morgan fingerprint density at radius 2 is 2.12 bits per heavy atom. The van der Waals surface area contributed by atoms with Gasteiger partial charge in [-0.2, -0.15) is 0 Å². The van der Waals surface area contributed by atoms with E-state index in [0.29, 0.717) is 6.07 Å². The first-order valence-corrected chi connectivity index (χ1v) is 4.82. The average Bonchev–Trinajstić information content (AvgIpc) is 2.20. The van der Waals surface area contributed by atoms with E-state index in [1.54, 1.807) is 6.92 Å². The molecule has 0 aliphatic heterocycles. The zero-order valence-corrected chi connectivity index (χ0v) is 8.96. The smallest absolute Gasteiger partial charge is 0.310 e. The third-order valence-electron chi connectivity index (χ3n) is 2.16. The van der Waals surface area contributed by atoms with Crippen LogP contribution in [-0.2, 0) is 4.79 Å². The van der Waals surface area contributed by atoms with Gasteiger partial charge in [-0.3, -0.25) is 4.79 Å². The standard InChI is InChI=1S/C11H12F2O3/c1-3-16-10-8(6(2)11(14)15)4-7(12)5-9(10)13/h4-6H,3H2,1-2H3,(H,14,15). The number of carboxylic acid groups (broad SMARTS) is 1. The van der Waals surface area contributed by atoms with Crippen LogP contribution in [0.4, 0.5) is 8.78 Å². The quantitative estimate of drug-likeness (QED) is 0.864. The second kappa shape index (κ2) is 4.92. The van der Waals surface area contributed by atoms with E-state index in [4.69, 9.17) is 9.84 Å². The van der Waals surface area contributed by atoms with E-state index in [-0.39, 0.29) is 17.9 Å². The van der Waals surface area contributed by atoms with Gasteiger partial charge in [-0.15, -0.1) is 0 Å². The minimum atomic E-state index is -1.16. The second-order valence-corrected chi connectivity index (χ2v) is 3.30. The highest BCUT2D eigenvalue weighted by atomic mass is 19.1. The van der Waals surface area contributed by atoms with Gasteiger partial charge < -0.3 is 9.84 Å². The molecule has 0 saturated heterocycles. The van der Waals surface area contributed by atoms with Crippen molar-refractivity contribution in [2.75, 3.05) is 6.61 Å². The maximum absolute atomic E-state index is 13.4. The summed E-state index contributed by atoms with van der Waals surface area (Å²) in [5.74, 6) is -4.08. The SMILES string of the molecule is CCOc1c(F)cc(F)cc1C(C)C(=O)O. The number of benzene rings is 1. The molecule has 1 atom stereocenters. The van der Waals surface area contributed by atoms with Gasteiger partial charge in [0.1, 0.15) is 5.82 Å². The Kier molecular flexibility index (Phi) is 3.82. The van der Waals surface area contributed by atoms with E-state index in [2.05, 4.69) is 0 Å². The maximum atomic E-state index is 13.4. The predicted molar refractivity (Wildman–Crippen MR) is 53.6 cm³/mol. The summed E-state index contributed by atoms with van der Waals surface area (Å²) in [7, 11) is 0. The number of carbonyl (C=O) groups is 1. The third kappa shape index (κ3) is 2.48. The van der Waals surface area contributed by atoms with E-state index >= 15 is 0 Å². The minimum Gasteiger partial charge on any atom is -0.490 e. The van der Waals surface area contributed by atoms with Crippen molar-refractivity contribution in [3.8, 4) is 5.75 Å². The number of hydrogen-bond acceptors (Lipinski definition) is 2. The number of aliphatic carboxylic acids is 1. The summed E-state index contributed by atoms with van der Waals surface area (Å²) in [6.07, 6.45) is 0. The van der Waals surface area contributed by atoms with Crippen molar-refractivity contribution in [3.63, 3.8) is 0 Å². The first-order chi connectivity index (χ1) is 7.47. The van der Waals surface area contributed by atoms with E-state index in [1.807, 2.05) is 0 Å². The van der Waals surface area contributed by atoms with Crippen molar-refractivity contribution in [2.45, 2.75) is 19.8 Å². The monoisotopic (exact) mass is 230 g/mol. The van der Waals surface area contributed by atoms with Crippen LogP contribution in [0.2, 0.25) is 0 Å². The summed E-state index contributed by atoms with van der Waals surface area (Å²) >= 11 is 0. The molecule has 0 amide bonds. The molecule has 0 fully saturated rings. The first kappa shape index (κ1) is 12.4. The molecule has 0 heterocycles. The molecule has 3 nitrogen and oxygen atoms in total. The predicted octanol–water partition coefficient (Wildman–Crippen LogP) is 2.55. The van der Waals surface area contributed by atoms with Gasteiger partial charge in [-0.25, -0.2) is 8.78 Å². The molecule has 0 aromatic heterocycles. The zero-order chi connectivity index (χ0) is 12.3. The zero-order valence-electron chi connectivity index (χ0n) is 8.96. The van der Waals surface area contributed by atoms with Crippen LogP contribution in [0, 0.1) is 11.6 Å². The number of rotatable bonds is 4. The topological polar surface area (TPSA) is 46.5 Å². The molecule has 1 aromatic rings. The highest BCUT2D eigenvalue weighted by Gasteiger charge is 2.22. The van der Waals surface area contributed by atoms with Crippen LogP contribution in [0.3, 0.4) is 0 Å². The Labute approximate surface area is 91.7 Å². The number of hydrogen-bond donors (Lipinski definition) is 1. The lowest BCUT2D eigenvalue weighted by Gasteiger charge is -2.14. The van der Waals surface area contributed by atoms with Gasteiger partial charge in [0.15, 0.2) is 11.6 Å². The molecule has 5 heteroatoms. The molecule has 0 aliphatic rings. The highest BCUT2D eigenvalue weighted by Crippen LogP contribution is 2.30. The molecule has 0 aliphatic carbocycles. The van der Waals surface area contributed by atoms with Crippen LogP contribution in [0.5, 0.6) is 5.75 Å². The van der Waals surface area contributed by atoms with Crippen LogP contribution < -0.4 is 4.74 Å². The summed E-state index contributed by atoms with van der Waals surface area (Å²) in [5.41, 5.74) is 0.00634. The Morgan fingerprint density at radius 1 is 1.50 bits per heavy atom. The fourth-order valence-electron chi connectivity index (χ4n) is 1.33. The van der Waals surface area contributed by atoms with Gasteiger partial charge in [0.05, 0.1) is 12.5 Å². The van der Waals surface area contributed by atoms with E-state index in [9.17, 15) is 13.6 Å². The lowest BCUT2D eigenvalue weighted by Crippen LogP contribution is -2.11. The molecular weight excluding hydrogens is 218 g/mol. The summed E-state index contributed by atoms with van der Waals surface area (Å²) < 4.78 is 31.3. The molecular formula is C11H12F2O3. The lowest BCUT2D eigenvalue weighted by atomic mass is 10.00. The summed E-state index contributed by atoms with van der Waals surface area (Å²) in [6.45, 7) is 3.17. The highest BCUT2D eigenvalue weighted by molar-refractivity contribution is 5.76. The van der Waals surface area contributed by atoms with Gasteiger partial charge in [0, 0.05) is 11.6 Å². The molecule has 0 radical (unpaired) electrons. The number of carboxylic acids is 1. The summed E-state index contributed by atoms with van der Waals surface area (Å²) in [6, 6.07) is 1.65. The van der Waals surface area contributed by atoms with Gasteiger partial charge in [-0.1, -0.05) is 0 Å². The fraction of sp³-hybridized carbons (Fsp3) is 0.364. The van der Waals surface area contributed by atoms with Crippen LogP contribution in [0.1, 0.15) is 25.3 Å². The molecule has 1 N–H and O–H groups in total. The van der Waals surface area contributed by atoms with Crippen molar-refractivity contribution in [3.05, 3.63) is 29.3 Å². The Bertz CT molecular complexity index is 404.